The van der Waals surface area contributed by atoms with Crippen molar-refractivity contribution in [2.24, 2.45) is 0 Å². The molecule has 0 amide bonds. The first-order valence-electron chi connectivity index (χ1n) is 8.19. The van der Waals surface area contributed by atoms with E-state index in [1.807, 2.05) is 62.4 Å². The van der Waals surface area contributed by atoms with Gasteiger partial charge in [-0.2, -0.15) is 0 Å². The molecule has 4 rings (SSSR count). The molecule has 0 fully saturated rings. The summed E-state index contributed by atoms with van der Waals surface area (Å²) in [6, 6.07) is 15.7. The van der Waals surface area contributed by atoms with Crippen LogP contribution in [0.5, 0.6) is 0 Å². The monoisotopic (exact) mass is 331 g/mol. The molecule has 1 N–H and O–H groups in total. The zero-order valence-corrected chi connectivity index (χ0v) is 14.0. The van der Waals surface area contributed by atoms with Crippen LogP contribution in [-0.2, 0) is 0 Å². The predicted molar refractivity (Wildman–Crippen MR) is 100.0 cm³/mol. The van der Waals surface area contributed by atoms with Gasteiger partial charge >= 0.3 is 5.69 Å². The smallest absolute Gasteiger partial charge is 0.275 e. The van der Waals surface area contributed by atoms with E-state index in [9.17, 15) is 9.59 Å². The van der Waals surface area contributed by atoms with Crippen LogP contribution in [0.2, 0.25) is 0 Å². The molecule has 2 heterocycles. The standard InChI is InChI=1S/C20H17N3O2/c1-12(2)23-18-17(19(24)22-20(23)25)16(10-11-21-18)15-9-5-7-13-6-3-4-8-14(13)15/h3-12H,1-2H3,(H,22,24,25). The minimum atomic E-state index is -0.435. The van der Waals surface area contributed by atoms with Crippen LogP contribution in [0.15, 0.2) is 64.3 Å². The summed E-state index contributed by atoms with van der Waals surface area (Å²) in [5, 5.41) is 2.59. The molecule has 0 saturated heterocycles. The van der Waals surface area contributed by atoms with E-state index in [0.29, 0.717) is 11.0 Å². The van der Waals surface area contributed by atoms with Crippen molar-refractivity contribution in [3.63, 3.8) is 0 Å². The highest BCUT2D eigenvalue weighted by Crippen LogP contribution is 2.31. The third-order valence-corrected chi connectivity index (χ3v) is 4.42. The number of nitrogens with one attached hydrogen (secondary N) is 1. The maximum Gasteiger partial charge on any atom is 0.330 e. The second-order valence-electron chi connectivity index (χ2n) is 6.31. The van der Waals surface area contributed by atoms with Gasteiger partial charge in [-0.05, 0) is 36.2 Å². The SMILES string of the molecule is CC(C)n1c(=O)[nH]c(=O)c2c(-c3cccc4ccccc34)ccnc21. The number of aromatic amines is 1. The Kier molecular flexibility index (Phi) is 3.50. The average Bonchev–Trinajstić information content (AvgIpc) is 2.60. The van der Waals surface area contributed by atoms with Gasteiger partial charge in [0.25, 0.3) is 5.56 Å². The molecule has 4 aromatic rings. The summed E-state index contributed by atoms with van der Waals surface area (Å²) in [6.07, 6.45) is 1.65. The molecule has 0 spiro atoms. The van der Waals surface area contributed by atoms with Crippen LogP contribution in [0.1, 0.15) is 19.9 Å². The molecule has 5 nitrogen and oxygen atoms in total. The Balaban J connectivity index is 2.19. The van der Waals surface area contributed by atoms with Crippen molar-refractivity contribution in [3.05, 3.63) is 75.6 Å². The van der Waals surface area contributed by atoms with E-state index in [4.69, 9.17) is 0 Å². The lowest BCUT2D eigenvalue weighted by Gasteiger charge is -2.14. The topological polar surface area (TPSA) is 67.8 Å². The summed E-state index contributed by atoms with van der Waals surface area (Å²) < 4.78 is 1.52. The molecule has 0 aliphatic rings. The van der Waals surface area contributed by atoms with Crippen molar-refractivity contribution < 1.29 is 0 Å². The summed E-state index contributed by atoms with van der Waals surface area (Å²) in [4.78, 5) is 31.6. The third-order valence-electron chi connectivity index (χ3n) is 4.42. The molecule has 0 bridgehead atoms. The fraction of sp³-hybridized carbons (Fsp3) is 0.150. The van der Waals surface area contributed by atoms with Gasteiger partial charge in [-0.15, -0.1) is 0 Å². The Hall–Kier alpha value is -3.21. The number of nitrogens with zero attached hydrogens (tertiary/aromatic N) is 2. The Bertz CT molecular complexity index is 1210. The van der Waals surface area contributed by atoms with Gasteiger partial charge in [0.2, 0.25) is 0 Å². The van der Waals surface area contributed by atoms with Gasteiger partial charge in [0.1, 0.15) is 5.65 Å². The van der Waals surface area contributed by atoms with Crippen LogP contribution in [0.3, 0.4) is 0 Å². The van der Waals surface area contributed by atoms with Crippen LogP contribution in [-0.4, -0.2) is 14.5 Å². The van der Waals surface area contributed by atoms with E-state index < -0.39 is 11.2 Å². The number of aromatic nitrogens is 3. The Labute approximate surface area is 143 Å². The Morgan fingerprint density at radius 2 is 1.72 bits per heavy atom. The zero-order chi connectivity index (χ0) is 17.6. The highest BCUT2D eigenvalue weighted by molar-refractivity contribution is 6.03. The first kappa shape index (κ1) is 15.3. The number of pyridine rings is 1. The first-order chi connectivity index (χ1) is 12.1. The van der Waals surface area contributed by atoms with Crippen molar-refractivity contribution in [1.29, 1.82) is 0 Å². The molecule has 0 saturated carbocycles. The van der Waals surface area contributed by atoms with Crippen molar-refractivity contribution >= 4 is 21.8 Å². The molecule has 0 aliphatic heterocycles. The molecule has 0 atom stereocenters. The van der Waals surface area contributed by atoms with Crippen LogP contribution < -0.4 is 11.2 Å². The maximum absolute atomic E-state index is 12.6. The molecular weight excluding hydrogens is 314 g/mol. The number of H-pyrrole nitrogens is 1. The van der Waals surface area contributed by atoms with E-state index in [2.05, 4.69) is 9.97 Å². The quantitative estimate of drug-likeness (QED) is 0.611. The van der Waals surface area contributed by atoms with Crippen molar-refractivity contribution in [1.82, 2.24) is 14.5 Å². The van der Waals surface area contributed by atoms with Gasteiger partial charge in [-0.1, -0.05) is 42.5 Å². The van der Waals surface area contributed by atoms with Gasteiger partial charge in [0.05, 0.1) is 5.39 Å². The maximum atomic E-state index is 12.6. The normalized spacial score (nSPS) is 11.5. The van der Waals surface area contributed by atoms with Gasteiger partial charge < -0.3 is 0 Å². The van der Waals surface area contributed by atoms with E-state index in [-0.39, 0.29) is 6.04 Å². The van der Waals surface area contributed by atoms with E-state index in [1.165, 1.54) is 4.57 Å². The van der Waals surface area contributed by atoms with Crippen molar-refractivity contribution in [2.75, 3.05) is 0 Å². The average molecular weight is 331 g/mol. The van der Waals surface area contributed by atoms with Crippen LogP contribution in [0.4, 0.5) is 0 Å². The summed E-state index contributed by atoms with van der Waals surface area (Å²) >= 11 is 0. The van der Waals surface area contributed by atoms with Crippen LogP contribution in [0.25, 0.3) is 32.9 Å². The largest absolute Gasteiger partial charge is 0.330 e. The molecule has 124 valence electrons. The Morgan fingerprint density at radius 3 is 2.52 bits per heavy atom. The lowest BCUT2D eigenvalue weighted by molar-refractivity contribution is 0.579. The molecule has 0 radical (unpaired) electrons. The third kappa shape index (κ3) is 2.36. The van der Waals surface area contributed by atoms with Gasteiger partial charge in [-0.25, -0.2) is 9.78 Å². The number of benzene rings is 2. The number of fused-ring (bicyclic) bond motifs is 2. The lowest BCUT2D eigenvalue weighted by Crippen LogP contribution is -2.32. The number of hydrogen-bond acceptors (Lipinski definition) is 3. The summed E-state index contributed by atoms with van der Waals surface area (Å²) in [7, 11) is 0. The van der Waals surface area contributed by atoms with Gasteiger partial charge in [0.15, 0.2) is 0 Å². The highest BCUT2D eigenvalue weighted by atomic mass is 16.2. The predicted octanol–water partition coefficient (Wildman–Crippen LogP) is 3.49. The number of rotatable bonds is 2. The van der Waals surface area contributed by atoms with Crippen LogP contribution in [0, 0.1) is 0 Å². The van der Waals surface area contributed by atoms with Gasteiger partial charge in [-0.3, -0.25) is 14.3 Å². The van der Waals surface area contributed by atoms with Crippen molar-refractivity contribution in [3.8, 4) is 11.1 Å². The van der Waals surface area contributed by atoms with Gasteiger partial charge in [0, 0.05) is 17.8 Å². The minimum Gasteiger partial charge on any atom is -0.275 e. The van der Waals surface area contributed by atoms with Crippen LogP contribution >= 0.6 is 0 Å². The molecule has 0 aliphatic carbocycles. The lowest BCUT2D eigenvalue weighted by atomic mass is 9.97. The highest BCUT2D eigenvalue weighted by Gasteiger charge is 2.16. The molecule has 0 unspecified atom stereocenters. The Morgan fingerprint density at radius 1 is 0.960 bits per heavy atom. The minimum absolute atomic E-state index is 0.109. The van der Waals surface area contributed by atoms with E-state index in [0.717, 1.165) is 21.9 Å². The fourth-order valence-electron chi connectivity index (χ4n) is 3.34. The molecule has 2 aromatic heterocycles. The molecule has 5 heteroatoms. The molecule has 25 heavy (non-hydrogen) atoms. The number of hydrogen-bond donors (Lipinski definition) is 1. The van der Waals surface area contributed by atoms with Crippen molar-refractivity contribution in [2.45, 2.75) is 19.9 Å². The summed E-state index contributed by atoms with van der Waals surface area (Å²) in [5.41, 5.74) is 1.29. The molecule has 2 aromatic carbocycles. The van der Waals surface area contributed by atoms with E-state index in [1.54, 1.807) is 6.20 Å². The fourth-order valence-corrected chi connectivity index (χ4v) is 3.34. The zero-order valence-electron chi connectivity index (χ0n) is 14.0. The summed E-state index contributed by atoms with van der Waals surface area (Å²) in [6.45, 7) is 3.79. The second kappa shape index (κ2) is 5.70. The van der Waals surface area contributed by atoms with E-state index >= 15 is 0 Å². The summed E-state index contributed by atoms with van der Waals surface area (Å²) in [5.74, 6) is 0. The first-order valence-corrected chi connectivity index (χ1v) is 8.19. The second-order valence-corrected chi connectivity index (χ2v) is 6.31. The molecular formula is C20H17N3O2.